The van der Waals surface area contributed by atoms with Crippen LogP contribution in [0.25, 0.3) is 54.8 Å². The SMILES string of the molecule is CC(=O)c1ccc(-c2cccc3[nH]c(-c4n[nH]c5ccc(-c6cncc(NC(=O)CN(C)C)c6)cc45)cc23)s1. The molecular weight excluding hydrogens is 508 g/mol. The van der Waals surface area contributed by atoms with Crippen molar-refractivity contribution in [1.29, 1.82) is 0 Å². The van der Waals surface area contributed by atoms with Crippen LogP contribution in [0.1, 0.15) is 16.6 Å². The first kappa shape index (κ1) is 24.7. The molecule has 39 heavy (non-hydrogen) atoms. The van der Waals surface area contributed by atoms with Crippen molar-refractivity contribution in [2.75, 3.05) is 26.0 Å². The Labute approximate surface area is 228 Å². The number of anilines is 1. The van der Waals surface area contributed by atoms with E-state index < -0.39 is 0 Å². The first-order valence-corrected chi connectivity index (χ1v) is 13.3. The van der Waals surface area contributed by atoms with Crippen LogP contribution in [-0.4, -0.2) is 57.4 Å². The standard InChI is InChI=1S/C30H26N6O2S/c1-17(37)27-9-10-28(39-27)21-5-4-6-24-22(21)13-26(33-24)30-23-12-18(7-8-25(23)34-35-30)19-11-20(15-31-14-19)32-29(38)16-36(2)3/h4-15,33H,16H2,1-3H3,(H,32,38)(H,34,35). The van der Waals surface area contributed by atoms with Crippen LogP contribution >= 0.6 is 11.3 Å². The van der Waals surface area contributed by atoms with Gasteiger partial charge in [-0.2, -0.15) is 5.10 Å². The molecule has 0 radical (unpaired) electrons. The fourth-order valence-electron chi connectivity index (χ4n) is 4.72. The van der Waals surface area contributed by atoms with Gasteiger partial charge < -0.3 is 15.2 Å². The van der Waals surface area contributed by atoms with E-state index >= 15 is 0 Å². The van der Waals surface area contributed by atoms with Gasteiger partial charge >= 0.3 is 0 Å². The highest BCUT2D eigenvalue weighted by atomic mass is 32.1. The molecule has 9 heteroatoms. The zero-order valence-corrected chi connectivity index (χ0v) is 22.5. The number of rotatable bonds is 7. The van der Waals surface area contributed by atoms with Gasteiger partial charge in [-0.1, -0.05) is 18.2 Å². The minimum atomic E-state index is -0.0928. The van der Waals surface area contributed by atoms with Crippen molar-refractivity contribution in [2.24, 2.45) is 0 Å². The number of pyridine rings is 1. The minimum absolute atomic E-state index is 0.0728. The van der Waals surface area contributed by atoms with Crippen LogP contribution in [0.15, 0.2) is 73.1 Å². The third-order valence-corrected chi connectivity index (χ3v) is 7.74. The summed E-state index contributed by atoms with van der Waals surface area (Å²) in [6.45, 7) is 1.89. The molecule has 8 nitrogen and oxygen atoms in total. The molecule has 4 aromatic heterocycles. The number of likely N-dealkylation sites (N-methyl/N-ethyl adjacent to an activating group) is 1. The van der Waals surface area contributed by atoms with E-state index in [1.807, 2.05) is 61.5 Å². The zero-order chi connectivity index (χ0) is 27.1. The van der Waals surface area contributed by atoms with Crippen molar-refractivity contribution in [3.05, 3.63) is 77.9 Å². The number of nitrogens with zero attached hydrogens (tertiary/aromatic N) is 3. The molecule has 0 aliphatic rings. The van der Waals surface area contributed by atoms with Gasteiger partial charge in [0.1, 0.15) is 5.69 Å². The minimum Gasteiger partial charge on any atom is -0.353 e. The third-order valence-electron chi connectivity index (χ3n) is 6.52. The largest absolute Gasteiger partial charge is 0.353 e. The van der Waals surface area contributed by atoms with E-state index in [9.17, 15) is 9.59 Å². The summed E-state index contributed by atoms with van der Waals surface area (Å²) in [5.41, 5.74) is 7.21. The topological polar surface area (TPSA) is 107 Å². The highest BCUT2D eigenvalue weighted by Gasteiger charge is 2.16. The summed E-state index contributed by atoms with van der Waals surface area (Å²) >= 11 is 1.51. The van der Waals surface area contributed by atoms with Gasteiger partial charge in [0.25, 0.3) is 0 Å². The summed E-state index contributed by atoms with van der Waals surface area (Å²) in [5, 5.41) is 12.7. The predicted molar refractivity (Wildman–Crippen MR) is 157 cm³/mol. The van der Waals surface area contributed by atoms with Crippen LogP contribution in [0.5, 0.6) is 0 Å². The number of ketones is 1. The van der Waals surface area contributed by atoms with Gasteiger partial charge in [-0.3, -0.25) is 19.7 Å². The molecule has 0 bridgehead atoms. The maximum absolute atomic E-state index is 12.2. The summed E-state index contributed by atoms with van der Waals surface area (Å²) in [6.07, 6.45) is 3.43. The molecule has 0 saturated heterocycles. The van der Waals surface area contributed by atoms with Crippen LogP contribution in [0.3, 0.4) is 0 Å². The van der Waals surface area contributed by atoms with Gasteiger partial charge in [0.15, 0.2) is 5.78 Å². The Bertz CT molecular complexity index is 1860. The lowest BCUT2D eigenvalue weighted by atomic mass is 10.0. The van der Waals surface area contributed by atoms with Crippen LogP contribution in [0.2, 0.25) is 0 Å². The first-order valence-electron chi connectivity index (χ1n) is 12.5. The first-order chi connectivity index (χ1) is 18.9. The van der Waals surface area contributed by atoms with E-state index in [4.69, 9.17) is 0 Å². The lowest BCUT2D eigenvalue weighted by Gasteiger charge is -2.11. The number of aromatic amines is 2. The van der Waals surface area contributed by atoms with Gasteiger partial charge in [0.05, 0.1) is 34.5 Å². The van der Waals surface area contributed by atoms with E-state index in [2.05, 4.69) is 43.7 Å². The van der Waals surface area contributed by atoms with Gasteiger partial charge in [-0.15, -0.1) is 11.3 Å². The summed E-state index contributed by atoms with van der Waals surface area (Å²) in [7, 11) is 3.71. The smallest absolute Gasteiger partial charge is 0.238 e. The number of aromatic nitrogens is 4. The number of amides is 1. The molecule has 0 atom stereocenters. The molecule has 3 N–H and O–H groups in total. The molecule has 194 valence electrons. The maximum Gasteiger partial charge on any atom is 0.238 e. The average molecular weight is 535 g/mol. The number of benzene rings is 2. The number of Topliss-reactive ketones (excluding diaryl/α,β-unsaturated/α-hetero) is 1. The number of H-pyrrole nitrogens is 2. The number of carbonyl (C=O) groups excluding carboxylic acids is 2. The Hall–Kier alpha value is -4.60. The molecule has 1 amide bonds. The van der Waals surface area contributed by atoms with Crippen LogP contribution in [0.4, 0.5) is 5.69 Å². The van der Waals surface area contributed by atoms with Gasteiger partial charge in [0.2, 0.25) is 5.91 Å². The lowest BCUT2D eigenvalue weighted by molar-refractivity contribution is -0.116. The molecule has 6 aromatic rings. The van der Waals surface area contributed by atoms with Crippen LogP contribution in [0, 0.1) is 0 Å². The number of nitrogens with one attached hydrogen (secondary N) is 3. The summed E-state index contributed by atoms with van der Waals surface area (Å²) in [6, 6.07) is 20.2. The highest BCUT2D eigenvalue weighted by Crippen LogP contribution is 2.37. The second kappa shape index (κ2) is 9.94. The Morgan fingerprint density at radius 3 is 2.62 bits per heavy atom. The Morgan fingerprint density at radius 1 is 0.949 bits per heavy atom. The van der Waals surface area contributed by atoms with Crippen molar-refractivity contribution in [1.82, 2.24) is 25.1 Å². The zero-order valence-electron chi connectivity index (χ0n) is 21.7. The number of carbonyl (C=O) groups is 2. The van der Waals surface area contributed by atoms with E-state index in [1.165, 1.54) is 11.3 Å². The predicted octanol–water partition coefficient (Wildman–Crippen LogP) is 6.20. The second-order valence-corrected chi connectivity index (χ2v) is 10.8. The molecule has 0 spiro atoms. The molecule has 0 aliphatic heterocycles. The molecular formula is C30H26N6O2S. The number of hydrogen-bond acceptors (Lipinski definition) is 6. The molecule has 0 fully saturated rings. The van der Waals surface area contributed by atoms with Crippen LogP contribution < -0.4 is 5.32 Å². The molecule has 2 aromatic carbocycles. The summed E-state index contributed by atoms with van der Waals surface area (Å²) in [4.78, 5) is 35.5. The number of thiophene rings is 1. The average Bonchev–Trinajstić information content (AvgIpc) is 3.65. The van der Waals surface area contributed by atoms with Crippen molar-refractivity contribution in [2.45, 2.75) is 6.92 Å². The fourth-order valence-corrected chi connectivity index (χ4v) is 5.66. The van der Waals surface area contributed by atoms with E-state index in [0.717, 1.165) is 59.6 Å². The van der Waals surface area contributed by atoms with Crippen LogP contribution in [-0.2, 0) is 4.79 Å². The summed E-state index contributed by atoms with van der Waals surface area (Å²) < 4.78 is 0. The highest BCUT2D eigenvalue weighted by molar-refractivity contribution is 7.17. The van der Waals surface area contributed by atoms with Crippen molar-refractivity contribution in [3.8, 4) is 33.0 Å². The number of fused-ring (bicyclic) bond motifs is 2. The van der Waals surface area contributed by atoms with E-state index in [0.29, 0.717) is 12.2 Å². The van der Waals surface area contributed by atoms with Crippen molar-refractivity contribution < 1.29 is 9.59 Å². The monoisotopic (exact) mass is 534 g/mol. The Kier molecular flexibility index (Phi) is 6.30. The Morgan fingerprint density at radius 2 is 1.82 bits per heavy atom. The van der Waals surface area contributed by atoms with Gasteiger partial charge in [-0.25, -0.2) is 0 Å². The fraction of sp³-hybridized carbons (Fsp3) is 0.133. The molecule has 0 saturated carbocycles. The third kappa shape index (κ3) is 4.85. The lowest BCUT2D eigenvalue weighted by Crippen LogP contribution is -2.27. The van der Waals surface area contributed by atoms with Gasteiger partial charge in [-0.05, 0) is 69.0 Å². The molecule has 6 rings (SSSR count). The number of hydrogen-bond donors (Lipinski definition) is 3. The van der Waals surface area contributed by atoms with Gasteiger partial charge in [0, 0.05) is 38.5 Å². The quantitative estimate of drug-likeness (QED) is 0.211. The van der Waals surface area contributed by atoms with E-state index in [-0.39, 0.29) is 11.7 Å². The Balaban J connectivity index is 1.37. The molecule has 0 unspecified atom stereocenters. The summed E-state index contributed by atoms with van der Waals surface area (Å²) in [5.74, 6) is -0.0200. The molecule has 0 aliphatic carbocycles. The van der Waals surface area contributed by atoms with E-state index in [1.54, 1.807) is 19.3 Å². The van der Waals surface area contributed by atoms with Crippen molar-refractivity contribution in [3.63, 3.8) is 0 Å². The van der Waals surface area contributed by atoms with Crippen molar-refractivity contribution >= 4 is 50.5 Å². The second-order valence-electron chi connectivity index (χ2n) is 9.75. The molecule has 4 heterocycles. The normalized spacial score (nSPS) is 11.5. The maximum atomic E-state index is 12.2.